The minimum absolute atomic E-state index is 0.0431. The molecule has 0 nitrogen and oxygen atoms in total. The average Bonchev–Trinajstić information content (AvgIpc) is 3.00. The number of fused-ring (bicyclic) bond motifs is 8. The van der Waals surface area contributed by atoms with Gasteiger partial charge in [0.1, 0.15) is 0 Å². The minimum atomic E-state index is -0.246. The van der Waals surface area contributed by atoms with Gasteiger partial charge in [-0.1, -0.05) is 118 Å². The molecule has 0 aromatic heterocycles. The number of hydrogen-bond donors (Lipinski definition) is 0. The van der Waals surface area contributed by atoms with E-state index in [9.17, 15) is 0 Å². The molecule has 0 fully saturated rings. The predicted octanol–water partition coefficient (Wildman–Crippen LogP) is 7.47. The van der Waals surface area contributed by atoms with E-state index >= 15 is 0 Å². The monoisotopic (exact) mass is 386 g/mol. The van der Waals surface area contributed by atoms with Crippen molar-refractivity contribution in [1.29, 1.82) is 0 Å². The lowest BCUT2D eigenvalue weighted by Gasteiger charge is -2.32. The molecule has 0 heteroatoms. The first-order valence-corrected chi connectivity index (χ1v) is 11.0. The highest BCUT2D eigenvalue weighted by atomic mass is 14.5. The molecule has 0 saturated heterocycles. The van der Waals surface area contributed by atoms with E-state index in [0.29, 0.717) is 5.92 Å². The van der Waals surface area contributed by atoms with E-state index in [0.717, 1.165) is 0 Å². The zero-order chi connectivity index (χ0) is 20.5. The zero-order valence-corrected chi connectivity index (χ0v) is 17.8. The van der Waals surface area contributed by atoms with Crippen LogP contribution in [0, 0.1) is 11.3 Å². The summed E-state index contributed by atoms with van der Waals surface area (Å²) in [6.07, 6.45) is 19.0. The molecule has 1 atom stereocenters. The van der Waals surface area contributed by atoms with Crippen LogP contribution in [0.1, 0.15) is 31.9 Å². The van der Waals surface area contributed by atoms with Crippen molar-refractivity contribution in [3.8, 4) is 11.1 Å². The Morgan fingerprint density at radius 1 is 0.633 bits per heavy atom. The van der Waals surface area contributed by atoms with E-state index < -0.39 is 0 Å². The second-order valence-corrected chi connectivity index (χ2v) is 9.56. The van der Waals surface area contributed by atoms with Crippen molar-refractivity contribution in [2.24, 2.45) is 11.3 Å². The molecule has 0 radical (unpaired) electrons. The third kappa shape index (κ3) is 2.17. The van der Waals surface area contributed by atoms with Gasteiger partial charge in [0.25, 0.3) is 0 Å². The Kier molecular flexibility index (Phi) is 3.51. The van der Waals surface area contributed by atoms with Gasteiger partial charge in [-0.3, -0.25) is 0 Å². The lowest BCUT2D eigenvalue weighted by Crippen LogP contribution is -2.27. The molecule has 1 spiro atoms. The van der Waals surface area contributed by atoms with Crippen LogP contribution in [0.5, 0.6) is 0 Å². The van der Waals surface area contributed by atoms with Gasteiger partial charge in [-0.05, 0) is 50.5 Å². The van der Waals surface area contributed by atoms with E-state index in [-0.39, 0.29) is 10.8 Å². The summed E-state index contributed by atoms with van der Waals surface area (Å²) in [7, 11) is 0. The first-order chi connectivity index (χ1) is 14.5. The Balaban J connectivity index is 1.78. The number of benzene rings is 2. The lowest BCUT2D eigenvalue weighted by molar-refractivity contribution is 0.625. The second-order valence-electron chi connectivity index (χ2n) is 9.56. The second kappa shape index (κ2) is 5.95. The molecule has 30 heavy (non-hydrogen) atoms. The molecule has 0 N–H and O–H groups in total. The topological polar surface area (TPSA) is 0 Å². The van der Waals surface area contributed by atoms with Crippen LogP contribution in [0.3, 0.4) is 0 Å². The van der Waals surface area contributed by atoms with Crippen molar-refractivity contribution in [2.75, 3.05) is 0 Å². The van der Waals surface area contributed by atoms with E-state index in [4.69, 9.17) is 0 Å². The van der Waals surface area contributed by atoms with E-state index in [2.05, 4.69) is 118 Å². The summed E-state index contributed by atoms with van der Waals surface area (Å²) in [5, 5.41) is 0. The summed E-state index contributed by atoms with van der Waals surface area (Å²) in [6, 6.07) is 18.0. The molecule has 146 valence electrons. The molecule has 4 aliphatic carbocycles. The van der Waals surface area contributed by atoms with Crippen LogP contribution in [0.15, 0.2) is 119 Å². The Morgan fingerprint density at radius 3 is 1.87 bits per heavy atom. The third-order valence-electron chi connectivity index (χ3n) is 7.12. The highest BCUT2D eigenvalue weighted by molar-refractivity contribution is 5.91. The number of hydrogen-bond acceptors (Lipinski definition) is 0. The van der Waals surface area contributed by atoms with Crippen LogP contribution in [-0.4, -0.2) is 0 Å². The Hall–Kier alpha value is -3.12. The van der Waals surface area contributed by atoms with Crippen molar-refractivity contribution in [1.82, 2.24) is 0 Å². The van der Waals surface area contributed by atoms with E-state index in [1.54, 1.807) is 0 Å². The van der Waals surface area contributed by atoms with Crippen molar-refractivity contribution >= 4 is 0 Å². The number of rotatable bonds is 0. The van der Waals surface area contributed by atoms with Gasteiger partial charge in [0.05, 0.1) is 5.41 Å². The summed E-state index contributed by atoms with van der Waals surface area (Å²) < 4.78 is 0. The number of allylic oxidation sites excluding steroid dienone is 12. The maximum atomic E-state index is 2.41. The van der Waals surface area contributed by atoms with E-state index in [1.807, 2.05) is 0 Å². The van der Waals surface area contributed by atoms with Crippen LogP contribution >= 0.6 is 0 Å². The summed E-state index contributed by atoms with van der Waals surface area (Å²) >= 11 is 0. The van der Waals surface area contributed by atoms with Gasteiger partial charge in [0.15, 0.2) is 0 Å². The summed E-state index contributed by atoms with van der Waals surface area (Å²) in [6.45, 7) is 6.83. The fourth-order valence-corrected chi connectivity index (χ4v) is 5.66. The quantitative estimate of drug-likeness (QED) is 0.440. The normalized spacial score (nSPS) is 23.9. The Morgan fingerprint density at radius 2 is 1.17 bits per heavy atom. The largest absolute Gasteiger partial charge is 0.0775 e. The van der Waals surface area contributed by atoms with Crippen LogP contribution in [0.2, 0.25) is 0 Å². The van der Waals surface area contributed by atoms with Crippen molar-refractivity contribution < 1.29 is 0 Å². The smallest absolute Gasteiger partial charge is 0.0725 e. The molecule has 2 aromatic carbocycles. The van der Waals surface area contributed by atoms with Crippen LogP contribution in [0.25, 0.3) is 11.1 Å². The first-order valence-electron chi connectivity index (χ1n) is 11.0. The molecule has 0 aliphatic heterocycles. The average molecular weight is 387 g/mol. The highest BCUT2D eigenvalue weighted by Crippen LogP contribution is 2.62. The minimum Gasteiger partial charge on any atom is -0.0775 e. The summed E-state index contributed by atoms with van der Waals surface area (Å²) in [5.74, 6) is 0.435. The van der Waals surface area contributed by atoms with Crippen LogP contribution < -0.4 is 0 Å². The molecule has 4 aliphatic rings. The predicted molar refractivity (Wildman–Crippen MR) is 126 cm³/mol. The Bertz CT molecular complexity index is 1220. The van der Waals surface area contributed by atoms with Crippen LogP contribution in [0.4, 0.5) is 0 Å². The molecule has 6 rings (SSSR count). The molecule has 0 amide bonds. The maximum Gasteiger partial charge on any atom is 0.0725 e. The molecular weight excluding hydrogens is 360 g/mol. The summed E-state index contributed by atoms with van der Waals surface area (Å²) in [5.41, 5.74) is 10.9. The molecular formula is C30H26. The van der Waals surface area contributed by atoms with Gasteiger partial charge in [-0.15, -0.1) is 0 Å². The van der Waals surface area contributed by atoms with Crippen LogP contribution in [-0.2, 0) is 5.41 Å². The molecule has 0 saturated carbocycles. The highest BCUT2D eigenvalue weighted by Gasteiger charge is 2.52. The maximum absolute atomic E-state index is 2.41. The first kappa shape index (κ1) is 17.7. The van der Waals surface area contributed by atoms with Gasteiger partial charge in [-0.25, -0.2) is 0 Å². The molecule has 0 bridgehead atoms. The summed E-state index contributed by atoms with van der Waals surface area (Å²) in [4.78, 5) is 0. The van der Waals surface area contributed by atoms with Gasteiger partial charge in [0.2, 0.25) is 0 Å². The standard InChI is InChI=1S/C30H26/c1-20-12-14-23-24-16-18-29(2,3)19-17-28(24)30(27(23)15-13-20)25-10-6-4-8-21(25)22-9-5-7-11-26(22)30/h4-20H,1-3H3. The van der Waals surface area contributed by atoms with Crippen molar-refractivity contribution in [2.45, 2.75) is 26.2 Å². The van der Waals surface area contributed by atoms with E-state index in [1.165, 1.54) is 44.5 Å². The Labute approximate surface area is 179 Å². The zero-order valence-electron chi connectivity index (χ0n) is 17.8. The fourth-order valence-electron chi connectivity index (χ4n) is 5.66. The molecule has 1 unspecified atom stereocenters. The molecule has 0 heterocycles. The van der Waals surface area contributed by atoms with Gasteiger partial charge >= 0.3 is 0 Å². The van der Waals surface area contributed by atoms with Gasteiger partial charge in [0, 0.05) is 5.41 Å². The molecule has 2 aromatic rings. The van der Waals surface area contributed by atoms with Crippen molar-refractivity contribution in [3.63, 3.8) is 0 Å². The van der Waals surface area contributed by atoms with Gasteiger partial charge in [-0.2, -0.15) is 0 Å². The third-order valence-corrected chi connectivity index (χ3v) is 7.12. The lowest BCUT2D eigenvalue weighted by atomic mass is 9.68. The van der Waals surface area contributed by atoms with Crippen molar-refractivity contribution in [3.05, 3.63) is 131 Å². The van der Waals surface area contributed by atoms with Gasteiger partial charge < -0.3 is 0 Å². The fraction of sp³-hybridized carbons (Fsp3) is 0.200. The SMILES string of the molecule is CC1C=CC2=C(C=C1)C1(C3=C2C=CC(C)(C)C=C3)c2ccccc2-c2ccccc21.